The van der Waals surface area contributed by atoms with Gasteiger partial charge in [0.1, 0.15) is 11.5 Å². The molecule has 4 aromatic rings. The van der Waals surface area contributed by atoms with Crippen LogP contribution in [0.25, 0.3) is 22.6 Å². The average molecular weight is 431 g/mol. The average Bonchev–Trinajstić information content (AvgIpc) is 3.45. The molecule has 3 aromatic heterocycles. The second-order valence-corrected chi connectivity index (χ2v) is 9.04. The number of aryl methyl sites for hydroxylation is 1. The molecule has 0 amide bonds. The number of rotatable bonds is 8. The van der Waals surface area contributed by atoms with E-state index in [2.05, 4.69) is 82.3 Å². The van der Waals surface area contributed by atoms with Gasteiger partial charge in [-0.2, -0.15) is 10.3 Å². The summed E-state index contributed by atoms with van der Waals surface area (Å²) in [7, 11) is 0. The van der Waals surface area contributed by atoms with Crippen LogP contribution in [0.5, 0.6) is 0 Å². The highest BCUT2D eigenvalue weighted by Gasteiger charge is 2.22. The van der Waals surface area contributed by atoms with Gasteiger partial charge in [0.25, 0.3) is 0 Å². The van der Waals surface area contributed by atoms with Gasteiger partial charge in [0.15, 0.2) is 5.82 Å². The Balaban J connectivity index is 1.58. The van der Waals surface area contributed by atoms with Crippen molar-refractivity contribution in [3.8, 4) is 22.6 Å². The molecule has 3 heterocycles. The zero-order valence-corrected chi connectivity index (χ0v) is 19.2. The molecule has 0 aliphatic heterocycles. The minimum Gasteiger partial charge on any atom is -0.252 e. The number of nitrogens with zero attached hydrogens (tertiary/aromatic N) is 7. The molecular formula is C24H30N8. The zero-order chi connectivity index (χ0) is 22.6. The number of pyridine rings is 1. The highest BCUT2D eigenvalue weighted by Crippen LogP contribution is 2.28. The van der Waals surface area contributed by atoms with Crippen molar-refractivity contribution in [1.82, 2.24) is 40.4 Å². The summed E-state index contributed by atoms with van der Waals surface area (Å²) in [6.45, 7) is 9.61. The maximum absolute atomic E-state index is 4.90. The summed E-state index contributed by atoms with van der Waals surface area (Å²) in [6, 6.07) is 12.4. The van der Waals surface area contributed by atoms with Gasteiger partial charge in [0, 0.05) is 30.1 Å². The fourth-order valence-corrected chi connectivity index (χ4v) is 3.58. The molecule has 0 aliphatic carbocycles. The molecule has 0 saturated carbocycles. The van der Waals surface area contributed by atoms with Crippen molar-refractivity contribution in [3.63, 3.8) is 0 Å². The summed E-state index contributed by atoms with van der Waals surface area (Å²) in [4.78, 5) is 9.35. The van der Waals surface area contributed by atoms with Crippen molar-refractivity contribution >= 4 is 0 Å². The third kappa shape index (κ3) is 4.90. The molecule has 32 heavy (non-hydrogen) atoms. The number of unbranched alkanes of at least 4 members (excludes halogenated alkanes) is 2. The van der Waals surface area contributed by atoms with Crippen LogP contribution in [0.4, 0.5) is 0 Å². The monoisotopic (exact) mass is 430 g/mol. The first-order valence-electron chi connectivity index (χ1n) is 11.2. The van der Waals surface area contributed by atoms with E-state index in [0.29, 0.717) is 11.5 Å². The van der Waals surface area contributed by atoms with Crippen molar-refractivity contribution < 1.29 is 0 Å². The van der Waals surface area contributed by atoms with Crippen molar-refractivity contribution in [1.29, 1.82) is 0 Å². The molecule has 8 heteroatoms. The highest BCUT2D eigenvalue weighted by atomic mass is 15.5. The smallest absolute Gasteiger partial charge is 0.223 e. The predicted molar refractivity (Wildman–Crippen MR) is 124 cm³/mol. The molecule has 1 aromatic carbocycles. The lowest BCUT2D eigenvalue weighted by Crippen LogP contribution is -2.14. The van der Waals surface area contributed by atoms with Crippen LogP contribution in [0.15, 0.2) is 42.6 Å². The number of aromatic nitrogens is 8. The molecule has 1 N–H and O–H groups in total. The van der Waals surface area contributed by atoms with E-state index >= 15 is 0 Å². The van der Waals surface area contributed by atoms with Gasteiger partial charge >= 0.3 is 0 Å². The normalized spacial score (nSPS) is 11.8. The Kier molecular flexibility index (Phi) is 6.39. The van der Waals surface area contributed by atoms with Crippen LogP contribution in [0.3, 0.4) is 0 Å². The lowest BCUT2D eigenvalue weighted by atomic mass is 9.96. The fraction of sp³-hybridized carbons (Fsp3) is 0.417. The molecule has 0 radical (unpaired) electrons. The van der Waals surface area contributed by atoms with E-state index in [9.17, 15) is 0 Å². The van der Waals surface area contributed by atoms with Gasteiger partial charge in [-0.05, 0) is 28.8 Å². The van der Waals surface area contributed by atoms with Crippen LogP contribution in [0.2, 0.25) is 0 Å². The number of hydrogen-bond acceptors (Lipinski definition) is 6. The quantitative estimate of drug-likeness (QED) is 0.410. The Morgan fingerprint density at radius 2 is 1.84 bits per heavy atom. The maximum Gasteiger partial charge on any atom is 0.223 e. The summed E-state index contributed by atoms with van der Waals surface area (Å²) in [6.07, 6.45) is 6.00. The second-order valence-electron chi connectivity index (χ2n) is 9.04. The van der Waals surface area contributed by atoms with E-state index in [4.69, 9.17) is 10.1 Å². The van der Waals surface area contributed by atoms with Crippen molar-refractivity contribution in [3.05, 3.63) is 59.8 Å². The number of hydrogen-bond donors (Lipinski definition) is 1. The molecule has 4 rings (SSSR count). The van der Waals surface area contributed by atoms with Gasteiger partial charge in [-0.3, -0.25) is 4.98 Å². The third-order valence-corrected chi connectivity index (χ3v) is 5.38. The summed E-state index contributed by atoms with van der Waals surface area (Å²) in [5, 5.41) is 19.1. The first kappa shape index (κ1) is 21.8. The minimum atomic E-state index is -0.0690. The van der Waals surface area contributed by atoms with Crippen molar-refractivity contribution in [2.45, 2.75) is 65.3 Å². The van der Waals surface area contributed by atoms with Gasteiger partial charge in [-0.15, -0.1) is 10.2 Å². The number of tetrazole rings is 1. The Morgan fingerprint density at radius 1 is 1.03 bits per heavy atom. The molecule has 0 bridgehead atoms. The largest absolute Gasteiger partial charge is 0.252 e. The lowest BCUT2D eigenvalue weighted by Gasteiger charge is -2.12. The van der Waals surface area contributed by atoms with Gasteiger partial charge in [-0.1, -0.05) is 70.9 Å². The van der Waals surface area contributed by atoms with Crippen LogP contribution in [-0.2, 0) is 18.4 Å². The Bertz CT molecular complexity index is 1140. The van der Waals surface area contributed by atoms with Crippen LogP contribution in [-0.4, -0.2) is 40.4 Å². The zero-order valence-electron chi connectivity index (χ0n) is 19.2. The molecule has 0 atom stereocenters. The molecular weight excluding hydrogens is 400 g/mol. The summed E-state index contributed by atoms with van der Waals surface area (Å²) in [5.74, 6) is 2.41. The summed E-state index contributed by atoms with van der Waals surface area (Å²) < 4.78 is 2.10. The van der Waals surface area contributed by atoms with Crippen molar-refractivity contribution in [2.75, 3.05) is 0 Å². The summed E-state index contributed by atoms with van der Waals surface area (Å²) in [5.41, 5.74) is 3.86. The third-order valence-electron chi connectivity index (χ3n) is 5.38. The molecule has 0 aliphatic rings. The van der Waals surface area contributed by atoms with Crippen LogP contribution < -0.4 is 0 Å². The van der Waals surface area contributed by atoms with E-state index < -0.39 is 0 Å². The first-order chi connectivity index (χ1) is 15.5. The van der Waals surface area contributed by atoms with E-state index in [1.165, 1.54) is 18.4 Å². The predicted octanol–water partition coefficient (Wildman–Crippen LogP) is 4.60. The van der Waals surface area contributed by atoms with E-state index in [1.54, 1.807) is 6.20 Å². The number of benzene rings is 1. The van der Waals surface area contributed by atoms with Gasteiger partial charge in [0.05, 0.1) is 0 Å². The van der Waals surface area contributed by atoms with Crippen LogP contribution in [0, 0.1) is 0 Å². The molecule has 0 saturated heterocycles. The Hall–Kier alpha value is -3.42. The van der Waals surface area contributed by atoms with Crippen molar-refractivity contribution in [2.24, 2.45) is 0 Å². The second kappa shape index (κ2) is 9.38. The first-order valence-corrected chi connectivity index (χ1v) is 11.2. The fourth-order valence-electron chi connectivity index (χ4n) is 3.58. The number of nitrogens with one attached hydrogen (secondary N) is 1. The minimum absolute atomic E-state index is 0.0690. The van der Waals surface area contributed by atoms with Crippen LogP contribution >= 0.6 is 0 Å². The maximum atomic E-state index is 4.90. The molecule has 166 valence electrons. The molecule has 0 spiro atoms. The number of aromatic amines is 1. The van der Waals surface area contributed by atoms with E-state index in [-0.39, 0.29) is 5.41 Å². The Labute approximate surface area is 188 Å². The van der Waals surface area contributed by atoms with Gasteiger partial charge in [0.2, 0.25) is 5.82 Å². The highest BCUT2D eigenvalue weighted by molar-refractivity contribution is 5.77. The van der Waals surface area contributed by atoms with Gasteiger partial charge in [-0.25, -0.2) is 9.67 Å². The lowest BCUT2D eigenvalue weighted by molar-refractivity contribution is 0.503. The molecule has 0 unspecified atom stereocenters. The van der Waals surface area contributed by atoms with E-state index in [1.807, 2.05) is 12.1 Å². The summed E-state index contributed by atoms with van der Waals surface area (Å²) >= 11 is 0. The molecule has 0 fully saturated rings. The standard InChI is InChI=1S/C24H30N8/c1-5-6-7-15-32-20(26-23(29-32)24(2,3)4)16-17-10-12-18(13-11-17)19-9-8-14-25-21(19)22-27-30-31-28-22/h8-14H,5-7,15-16H2,1-4H3,(H,27,28,30,31). The SMILES string of the molecule is CCCCCn1nc(C(C)(C)C)nc1Cc1ccc(-c2cccnc2-c2nn[nH]n2)cc1. The Morgan fingerprint density at radius 3 is 2.53 bits per heavy atom. The van der Waals surface area contributed by atoms with Gasteiger partial charge < -0.3 is 0 Å². The topological polar surface area (TPSA) is 98.1 Å². The molecule has 8 nitrogen and oxygen atoms in total. The van der Waals surface area contributed by atoms with E-state index in [0.717, 1.165) is 42.2 Å². The number of H-pyrrole nitrogens is 1. The van der Waals surface area contributed by atoms with Crippen LogP contribution in [0.1, 0.15) is 64.2 Å².